The molecule has 0 atom stereocenters. The van der Waals surface area contributed by atoms with Crippen molar-refractivity contribution in [2.45, 2.75) is 52.4 Å². The van der Waals surface area contributed by atoms with Gasteiger partial charge in [0.25, 0.3) is 0 Å². The third-order valence-corrected chi connectivity index (χ3v) is 14.2. The van der Waals surface area contributed by atoms with E-state index in [1.807, 2.05) is 0 Å². The van der Waals surface area contributed by atoms with Crippen molar-refractivity contribution in [2.24, 2.45) is 0 Å². The summed E-state index contributed by atoms with van der Waals surface area (Å²) in [6, 6.07) is 42.2. The van der Waals surface area contributed by atoms with E-state index in [4.69, 9.17) is 0 Å². The van der Waals surface area contributed by atoms with Crippen LogP contribution < -0.4 is 15.6 Å². The number of allylic oxidation sites excluding steroid dienone is 2. The van der Waals surface area contributed by atoms with E-state index in [0.29, 0.717) is 0 Å². The monoisotopic (exact) mass is 520 g/mol. The van der Waals surface area contributed by atoms with E-state index in [9.17, 15) is 0 Å². The van der Waals surface area contributed by atoms with E-state index in [2.05, 4.69) is 123 Å². The molecule has 0 amide bonds. The molecular weight excluding hydrogens is 485 g/mol. The lowest BCUT2D eigenvalue weighted by molar-refractivity contribution is 0.791. The van der Waals surface area contributed by atoms with Gasteiger partial charge in [-0.3, -0.25) is 0 Å². The summed E-state index contributed by atoms with van der Waals surface area (Å²) in [5.74, 6) is 0. The fraction of sp³-hybridized carbons (Fsp3) is 0.211. The zero-order valence-corrected chi connectivity index (χ0v) is 24.1. The van der Waals surface area contributed by atoms with Gasteiger partial charge in [0, 0.05) is 0 Å². The molecule has 6 aromatic carbocycles. The molecule has 0 bridgehead atoms. The maximum Gasteiger partial charge on any atom is 0.176 e. The summed E-state index contributed by atoms with van der Waals surface area (Å²) in [5, 5.41) is 14.9. The van der Waals surface area contributed by atoms with E-state index in [-0.39, 0.29) is 0 Å². The number of rotatable bonds is 8. The Morgan fingerprint density at radius 2 is 1.10 bits per heavy atom. The van der Waals surface area contributed by atoms with E-state index < -0.39 is 8.07 Å². The van der Waals surface area contributed by atoms with Crippen molar-refractivity contribution >= 4 is 61.5 Å². The number of hydrogen-bond acceptors (Lipinski definition) is 0. The van der Waals surface area contributed by atoms with Gasteiger partial charge in [0.15, 0.2) is 8.07 Å². The Labute approximate surface area is 233 Å². The average Bonchev–Trinajstić information content (AvgIpc) is 3.00. The predicted octanol–water partition coefficient (Wildman–Crippen LogP) is 8.74. The van der Waals surface area contributed by atoms with Gasteiger partial charge in [-0.05, 0) is 84.3 Å². The molecule has 1 aliphatic rings. The Balaban J connectivity index is 1.74. The predicted molar refractivity (Wildman–Crippen MR) is 174 cm³/mol. The highest BCUT2D eigenvalue weighted by molar-refractivity contribution is 7.18. The van der Waals surface area contributed by atoms with Crippen LogP contribution in [0.4, 0.5) is 0 Å². The van der Waals surface area contributed by atoms with E-state index in [1.165, 1.54) is 80.4 Å². The molecule has 0 spiro atoms. The molecule has 0 N–H and O–H groups in total. The normalized spacial score (nSPS) is 14.6. The van der Waals surface area contributed by atoms with Gasteiger partial charge >= 0.3 is 0 Å². The standard InChI is InChI=1S/C38H36Si/c1-3-5-20-32-33-26-29-15-13-14-27-22-23-28-24-25-35(38(33)37(28)36(27)29)39(34(32)21-6-4-2,30-16-9-7-10-17-30)31-18-11-8-12-19-31/h7-19,22-26H,3-6,20-21H2,1-2H3. The van der Waals surface area contributed by atoms with Gasteiger partial charge in [0.1, 0.15) is 0 Å². The minimum Gasteiger partial charge on any atom is -0.0654 e. The summed E-state index contributed by atoms with van der Waals surface area (Å²) in [6.07, 6.45) is 7.22. The smallest absolute Gasteiger partial charge is 0.0654 e. The van der Waals surface area contributed by atoms with Crippen molar-refractivity contribution in [3.05, 3.63) is 120 Å². The maximum atomic E-state index is 2.55. The Morgan fingerprint density at radius 1 is 0.513 bits per heavy atom. The van der Waals surface area contributed by atoms with Crippen LogP contribution in [-0.4, -0.2) is 8.07 Å². The van der Waals surface area contributed by atoms with Crippen LogP contribution in [0, 0.1) is 0 Å². The fourth-order valence-electron chi connectivity index (χ4n) is 7.49. The topological polar surface area (TPSA) is 0 Å². The SMILES string of the molecule is CCCCC1=C(CCCC)[Si](c2ccccc2)(c2ccccc2)c2ccc3ccc4cccc5cc1c2c3c45. The quantitative estimate of drug-likeness (QED) is 0.139. The first kappa shape index (κ1) is 24.4. The Hall–Kier alpha value is -3.68. The molecule has 6 aromatic rings. The van der Waals surface area contributed by atoms with Crippen molar-refractivity contribution in [2.75, 3.05) is 0 Å². The van der Waals surface area contributed by atoms with Gasteiger partial charge in [-0.25, -0.2) is 0 Å². The van der Waals surface area contributed by atoms with Crippen LogP contribution in [0.15, 0.2) is 114 Å². The molecule has 0 aliphatic carbocycles. The van der Waals surface area contributed by atoms with E-state index >= 15 is 0 Å². The fourth-order valence-corrected chi connectivity index (χ4v) is 13.1. The minimum atomic E-state index is -2.51. The summed E-state index contributed by atoms with van der Waals surface area (Å²) in [7, 11) is -2.51. The van der Waals surface area contributed by atoms with E-state index in [1.54, 1.807) is 16.0 Å². The molecule has 0 aromatic heterocycles. The van der Waals surface area contributed by atoms with Gasteiger partial charge in [-0.2, -0.15) is 0 Å². The van der Waals surface area contributed by atoms with Crippen LogP contribution in [0.2, 0.25) is 0 Å². The number of benzene rings is 6. The average molecular weight is 521 g/mol. The minimum absolute atomic E-state index is 1.16. The van der Waals surface area contributed by atoms with Crippen LogP contribution >= 0.6 is 0 Å². The van der Waals surface area contributed by atoms with Crippen LogP contribution in [-0.2, 0) is 0 Å². The molecule has 7 rings (SSSR count). The third kappa shape index (κ3) is 3.56. The largest absolute Gasteiger partial charge is 0.176 e. The van der Waals surface area contributed by atoms with Crippen LogP contribution in [0.25, 0.3) is 37.9 Å². The highest BCUT2D eigenvalue weighted by Gasteiger charge is 2.47. The highest BCUT2D eigenvalue weighted by atomic mass is 28.3. The molecular formula is C38H36Si. The second-order valence-electron chi connectivity index (χ2n) is 11.3. The Kier molecular flexibility index (Phi) is 6.13. The van der Waals surface area contributed by atoms with Crippen molar-refractivity contribution in [3.8, 4) is 0 Å². The van der Waals surface area contributed by atoms with Gasteiger partial charge in [-0.15, -0.1) is 0 Å². The molecule has 0 fully saturated rings. The van der Waals surface area contributed by atoms with Gasteiger partial charge in [0.2, 0.25) is 0 Å². The molecule has 192 valence electrons. The van der Waals surface area contributed by atoms with Crippen molar-refractivity contribution in [1.29, 1.82) is 0 Å². The first-order chi connectivity index (χ1) is 19.3. The van der Waals surface area contributed by atoms with Gasteiger partial charge in [0.05, 0.1) is 0 Å². The Morgan fingerprint density at radius 3 is 1.77 bits per heavy atom. The summed E-state index contributed by atoms with van der Waals surface area (Å²) in [6.45, 7) is 4.68. The highest BCUT2D eigenvalue weighted by Crippen LogP contribution is 2.45. The summed E-state index contributed by atoms with van der Waals surface area (Å²) in [4.78, 5) is 0. The molecule has 0 unspecified atom stereocenters. The molecule has 1 aliphatic heterocycles. The van der Waals surface area contributed by atoms with Crippen molar-refractivity contribution in [3.63, 3.8) is 0 Å². The summed E-state index contributed by atoms with van der Waals surface area (Å²) >= 11 is 0. The van der Waals surface area contributed by atoms with Crippen LogP contribution in [0.1, 0.15) is 57.9 Å². The first-order valence-corrected chi connectivity index (χ1v) is 16.8. The van der Waals surface area contributed by atoms with Crippen molar-refractivity contribution in [1.82, 2.24) is 0 Å². The zero-order chi connectivity index (χ0) is 26.4. The molecule has 39 heavy (non-hydrogen) atoms. The van der Waals surface area contributed by atoms with Crippen LogP contribution in [0.3, 0.4) is 0 Å². The van der Waals surface area contributed by atoms with Crippen molar-refractivity contribution < 1.29 is 0 Å². The molecule has 1 heteroatoms. The zero-order valence-electron chi connectivity index (χ0n) is 23.1. The van der Waals surface area contributed by atoms with Crippen LogP contribution in [0.5, 0.6) is 0 Å². The second kappa shape index (κ2) is 9.81. The lowest BCUT2D eigenvalue weighted by Gasteiger charge is -2.43. The molecule has 0 radical (unpaired) electrons. The summed E-state index contributed by atoms with van der Waals surface area (Å²) in [5.41, 5.74) is 3.16. The Bertz CT molecular complexity index is 1770. The third-order valence-electron chi connectivity index (χ3n) is 9.15. The molecule has 1 heterocycles. The molecule has 0 saturated carbocycles. The maximum absolute atomic E-state index is 2.55. The first-order valence-electron chi connectivity index (χ1n) is 14.8. The molecule has 0 saturated heterocycles. The lowest BCUT2D eigenvalue weighted by atomic mass is 9.86. The second-order valence-corrected chi connectivity index (χ2v) is 15.1. The van der Waals surface area contributed by atoms with Gasteiger partial charge < -0.3 is 0 Å². The number of hydrogen-bond donors (Lipinski definition) is 0. The van der Waals surface area contributed by atoms with Gasteiger partial charge in [-0.1, -0.05) is 141 Å². The lowest BCUT2D eigenvalue weighted by Crippen LogP contribution is -2.70. The summed E-state index contributed by atoms with van der Waals surface area (Å²) < 4.78 is 0. The number of unbranched alkanes of at least 4 members (excludes halogenated alkanes) is 2. The van der Waals surface area contributed by atoms with E-state index in [0.717, 1.165) is 6.42 Å². The molecule has 0 nitrogen and oxygen atoms in total.